The van der Waals surface area contributed by atoms with Gasteiger partial charge in [0.2, 0.25) is 0 Å². The summed E-state index contributed by atoms with van der Waals surface area (Å²) in [5.41, 5.74) is -0.103. The number of aromatic hydroxyl groups is 1. The lowest BCUT2D eigenvalue weighted by Crippen LogP contribution is -2.01. The van der Waals surface area contributed by atoms with Crippen LogP contribution in [0.5, 0.6) is 11.5 Å². The maximum absolute atomic E-state index is 13.5. The predicted molar refractivity (Wildman–Crippen MR) is 76.3 cm³/mol. The van der Waals surface area contributed by atoms with Crippen molar-refractivity contribution in [3.05, 3.63) is 71.8 Å². The van der Waals surface area contributed by atoms with Crippen molar-refractivity contribution in [1.29, 1.82) is 0 Å². The van der Waals surface area contributed by atoms with E-state index in [4.69, 9.17) is 4.74 Å². The van der Waals surface area contributed by atoms with Crippen molar-refractivity contribution >= 4 is 10.8 Å². The van der Waals surface area contributed by atoms with E-state index in [9.17, 15) is 13.9 Å². The van der Waals surface area contributed by atoms with Crippen molar-refractivity contribution in [3.8, 4) is 11.5 Å². The summed E-state index contributed by atoms with van der Waals surface area (Å²) in [6.07, 6.45) is 0. The number of benzene rings is 3. The Bertz CT molecular complexity index is 780. The molecule has 0 radical (unpaired) electrons. The quantitative estimate of drug-likeness (QED) is 0.773. The minimum absolute atomic E-state index is 0.103. The van der Waals surface area contributed by atoms with Crippen LogP contribution < -0.4 is 4.74 Å². The molecule has 106 valence electrons. The molecule has 0 spiro atoms. The van der Waals surface area contributed by atoms with Gasteiger partial charge in [-0.05, 0) is 47.2 Å². The first kappa shape index (κ1) is 13.4. The number of rotatable bonds is 3. The molecule has 0 aliphatic heterocycles. The Hall–Kier alpha value is -2.62. The molecule has 21 heavy (non-hydrogen) atoms. The number of fused-ring (bicyclic) bond motifs is 1. The fourth-order valence-electron chi connectivity index (χ4n) is 2.13. The summed E-state index contributed by atoms with van der Waals surface area (Å²) in [6, 6.07) is 13.9. The zero-order chi connectivity index (χ0) is 14.8. The maximum Gasteiger partial charge on any atom is 0.132 e. The van der Waals surface area contributed by atoms with Gasteiger partial charge in [-0.3, -0.25) is 0 Å². The van der Waals surface area contributed by atoms with Gasteiger partial charge in [-0.2, -0.15) is 0 Å². The van der Waals surface area contributed by atoms with Crippen LogP contribution >= 0.6 is 0 Å². The second-order valence-corrected chi connectivity index (χ2v) is 4.68. The van der Waals surface area contributed by atoms with Crippen LogP contribution in [0.4, 0.5) is 8.78 Å². The van der Waals surface area contributed by atoms with Crippen LogP contribution in [0, 0.1) is 11.6 Å². The Morgan fingerprint density at radius 2 is 1.57 bits per heavy atom. The third-order valence-corrected chi connectivity index (χ3v) is 3.24. The van der Waals surface area contributed by atoms with Crippen LogP contribution in [-0.2, 0) is 6.61 Å². The van der Waals surface area contributed by atoms with Crippen molar-refractivity contribution < 1.29 is 18.6 Å². The molecule has 0 aromatic heterocycles. The standard InChI is InChI=1S/C17H12F2O2/c18-16-2-1-3-17(19)15(16)10-21-14-7-5-11-4-6-13(20)8-12(11)9-14/h1-9,20H,10H2. The van der Waals surface area contributed by atoms with Gasteiger partial charge < -0.3 is 9.84 Å². The molecule has 3 rings (SSSR count). The zero-order valence-corrected chi connectivity index (χ0v) is 11.0. The molecular weight excluding hydrogens is 274 g/mol. The molecule has 0 aliphatic carbocycles. The van der Waals surface area contributed by atoms with E-state index in [1.165, 1.54) is 18.2 Å². The first-order chi connectivity index (χ1) is 10.1. The van der Waals surface area contributed by atoms with Crippen LogP contribution in [0.2, 0.25) is 0 Å². The second kappa shape index (κ2) is 5.40. The third-order valence-electron chi connectivity index (χ3n) is 3.24. The molecule has 3 aromatic carbocycles. The monoisotopic (exact) mass is 286 g/mol. The lowest BCUT2D eigenvalue weighted by Gasteiger charge is -2.09. The molecule has 1 N–H and O–H groups in total. The average molecular weight is 286 g/mol. The normalized spacial score (nSPS) is 10.8. The van der Waals surface area contributed by atoms with Crippen LogP contribution in [0.25, 0.3) is 10.8 Å². The van der Waals surface area contributed by atoms with E-state index in [1.807, 2.05) is 6.07 Å². The number of phenols is 1. The minimum atomic E-state index is -0.631. The van der Waals surface area contributed by atoms with E-state index in [0.717, 1.165) is 10.8 Å². The van der Waals surface area contributed by atoms with Gasteiger partial charge >= 0.3 is 0 Å². The van der Waals surface area contributed by atoms with Crippen molar-refractivity contribution in [2.24, 2.45) is 0 Å². The van der Waals surface area contributed by atoms with Gasteiger partial charge in [0.15, 0.2) is 0 Å². The summed E-state index contributed by atoms with van der Waals surface area (Å²) < 4.78 is 32.5. The summed E-state index contributed by atoms with van der Waals surface area (Å²) in [5.74, 6) is -0.627. The summed E-state index contributed by atoms with van der Waals surface area (Å²) in [4.78, 5) is 0. The van der Waals surface area contributed by atoms with Gasteiger partial charge in [0, 0.05) is 0 Å². The Morgan fingerprint density at radius 1 is 0.857 bits per heavy atom. The molecule has 0 fully saturated rings. The van der Waals surface area contributed by atoms with Gasteiger partial charge in [-0.25, -0.2) is 8.78 Å². The Labute approximate surface area is 120 Å². The van der Waals surface area contributed by atoms with Gasteiger partial charge in [0.1, 0.15) is 29.7 Å². The molecule has 0 unspecified atom stereocenters. The summed E-state index contributed by atoms with van der Waals surface area (Å²) in [7, 11) is 0. The van der Waals surface area contributed by atoms with E-state index < -0.39 is 11.6 Å². The molecule has 0 saturated heterocycles. The highest BCUT2D eigenvalue weighted by Gasteiger charge is 2.09. The Kier molecular flexibility index (Phi) is 3.44. The highest BCUT2D eigenvalue weighted by Crippen LogP contribution is 2.25. The van der Waals surface area contributed by atoms with Gasteiger partial charge in [-0.1, -0.05) is 18.2 Å². The summed E-state index contributed by atoms with van der Waals surface area (Å²) >= 11 is 0. The first-order valence-corrected chi connectivity index (χ1v) is 6.42. The van der Waals surface area contributed by atoms with Crippen molar-refractivity contribution in [3.63, 3.8) is 0 Å². The largest absolute Gasteiger partial charge is 0.508 e. The summed E-state index contributed by atoms with van der Waals surface area (Å²) in [6.45, 7) is -0.192. The maximum atomic E-state index is 13.5. The smallest absolute Gasteiger partial charge is 0.132 e. The molecule has 4 heteroatoms. The van der Waals surface area contributed by atoms with Crippen LogP contribution in [-0.4, -0.2) is 5.11 Å². The van der Waals surface area contributed by atoms with Crippen LogP contribution in [0.15, 0.2) is 54.6 Å². The van der Waals surface area contributed by atoms with Crippen LogP contribution in [0.3, 0.4) is 0 Å². The highest BCUT2D eigenvalue weighted by molar-refractivity contribution is 5.85. The van der Waals surface area contributed by atoms with Crippen molar-refractivity contribution in [2.75, 3.05) is 0 Å². The molecular formula is C17H12F2O2. The van der Waals surface area contributed by atoms with Gasteiger partial charge in [0.05, 0.1) is 5.56 Å². The lowest BCUT2D eigenvalue weighted by molar-refractivity contribution is 0.293. The molecule has 3 aromatic rings. The number of halogens is 2. The zero-order valence-electron chi connectivity index (χ0n) is 11.0. The molecule has 0 saturated carbocycles. The third kappa shape index (κ3) is 2.79. The SMILES string of the molecule is Oc1ccc2ccc(OCc3c(F)cccc3F)cc2c1. The molecule has 0 aliphatic rings. The number of hydrogen-bond donors (Lipinski definition) is 1. The number of phenolic OH excluding ortho intramolecular Hbond substituents is 1. The number of ether oxygens (including phenoxy) is 1. The minimum Gasteiger partial charge on any atom is -0.508 e. The van der Waals surface area contributed by atoms with E-state index >= 15 is 0 Å². The first-order valence-electron chi connectivity index (χ1n) is 6.42. The molecule has 2 nitrogen and oxygen atoms in total. The fourth-order valence-corrected chi connectivity index (χ4v) is 2.13. The lowest BCUT2D eigenvalue weighted by atomic mass is 10.1. The van der Waals surface area contributed by atoms with E-state index in [2.05, 4.69) is 0 Å². The fraction of sp³-hybridized carbons (Fsp3) is 0.0588. The molecule has 0 atom stereocenters. The number of hydrogen-bond acceptors (Lipinski definition) is 2. The van der Waals surface area contributed by atoms with Crippen molar-refractivity contribution in [1.82, 2.24) is 0 Å². The van der Waals surface area contributed by atoms with E-state index in [-0.39, 0.29) is 17.9 Å². The Balaban J connectivity index is 1.85. The second-order valence-electron chi connectivity index (χ2n) is 4.68. The van der Waals surface area contributed by atoms with E-state index in [1.54, 1.807) is 30.3 Å². The average Bonchev–Trinajstić information content (AvgIpc) is 2.46. The van der Waals surface area contributed by atoms with Gasteiger partial charge in [-0.15, -0.1) is 0 Å². The van der Waals surface area contributed by atoms with Crippen molar-refractivity contribution in [2.45, 2.75) is 6.61 Å². The predicted octanol–water partition coefficient (Wildman–Crippen LogP) is 4.40. The van der Waals surface area contributed by atoms with Crippen LogP contribution in [0.1, 0.15) is 5.56 Å². The topological polar surface area (TPSA) is 29.5 Å². The molecule has 0 bridgehead atoms. The summed E-state index contributed by atoms with van der Waals surface area (Å²) in [5, 5.41) is 11.2. The van der Waals surface area contributed by atoms with Gasteiger partial charge in [0.25, 0.3) is 0 Å². The molecule has 0 heterocycles. The highest BCUT2D eigenvalue weighted by atomic mass is 19.1. The molecule has 0 amide bonds. The van der Waals surface area contributed by atoms with E-state index in [0.29, 0.717) is 5.75 Å². The Morgan fingerprint density at radius 3 is 2.33 bits per heavy atom.